The third-order valence-corrected chi connectivity index (χ3v) is 10.7. The Kier molecular flexibility index (Phi) is 7.00. The molecule has 1 aromatic heterocycles. The molecule has 2 aromatic rings. The summed E-state index contributed by atoms with van der Waals surface area (Å²) in [5.74, 6) is 2.29. The number of nitrogens with one attached hydrogen (secondary N) is 1. The van der Waals surface area contributed by atoms with E-state index < -0.39 is 10.0 Å². The maximum atomic E-state index is 12.5. The highest BCUT2D eigenvalue weighted by molar-refractivity contribution is 7.91. The van der Waals surface area contributed by atoms with E-state index >= 15 is 0 Å². The van der Waals surface area contributed by atoms with Crippen molar-refractivity contribution in [2.45, 2.75) is 42.4 Å². The van der Waals surface area contributed by atoms with Crippen LogP contribution in [0.15, 0.2) is 52.1 Å². The number of hydrogen-bond acceptors (Lipinski definition) is 5. The first-order valence-corrected chi connectivity index (χ1v) is 14.5. The molecule has 0 spiro atoms. The second-order valence-electron chi connectivity index (χ2n) is 9.91. The number of hydrogen-bond donors (Lipinski definition) is 1. The topological polar surface area (TPSA) is 52.7 Å². The monoisotopic (exact) mass is 473 g/mol. The summed E-state index contributed by atoms with van der Waals surface area (Å²) in [5, 5.41) is 1.82. The van der Waals surface area contributed by atoms with Crippen molar-refractivity contribution in [1.29, 1.82) is 0 Å². The molecule has 174 valence electrons. The summed E-state index contributed by atoms with van der Waals surface area (Å²) in [6, 6.07) is 14.7. The fourth-order valence-corrected chi connectivity index (χ4v) is 8.12. The highest BCUT2D eigenvalue weighted by atomic mass is 32.2. The van der Waals surface area contributed by atoms with Crippen LogP contribution in [0.1, 0.15) is 31.2 Å². The number of piperidine rings is 4. The lowest BCUT2D eigenvalue weighted by atomic mass is 9.75. The zero-order valence-corrected chi connectivity index (χ0v) is 20.4. The van der Waals surface area contributed by atoms with Crippen molar-refractivity contribution in [2.24, 2.45) is 17.8 Å². The molecule has 1 unspecified atom stereocenters. The minimum atomic E-state index is -3.36. The van der Waals surface area contributed by atoms with Gasteiger partial charge in [0.05, 0.1) is 0 Å². The molecule has 1 aromatic carbocycles. The Hall–Kier alpha value is -1.25. The van der Waals surface area contributed by atoms with Crippen molar-refractivity contribution in [3.8, 4) is 0 Å². The summed E-state index contributed by atoms with van der Waals surface area (Å²) >= 11 is 1.28. The lowest BCUT2D eigenvalue weighted by Crippen LogP contribution is -2.58. The first-order valence-electron chi connectivity index (χ1n) is 12.1. The van der Waals surface area contributed by atoms with E-state index in [1.807, 2.05) is 5.38 Å². The zero-order chi connectivity index (χ0) is 22.0. The minimum Gasteiger partial charge on any atom is -0.303 e. The van der Waals surface area contributed by atoms with Gasteiger partial charge in [0.2, 0.25) is 10.0 Å². The Morgan fingerprint density at radius 2 is 1.81 bits per heavy atom. The van der Waals surface area contributed by atoms with Crippen molar-refractivity contribution < 1.29 is 8.42 Å². The van der Waals surface area contributed by atoms with Crippen molar-refractivity contribution in [1.82, 2.24) is 14.5 Å². The molecule has 0 radical (unpaired) electrons. The molecule has 4 fully saturated rings. The third-order valence-electron chi connectivity index (χ3n) is 7.85. The van der Waals surface area contributed by atoms with E-state index in [9.17, 15) is 8.42 Å². The number of nitrogens with zero attached hydrogens (tertiary/aromatic N) is 2. The first-order chi connectivity index (χ1) is 15.6. The van der Waals surface area contributed by atoms with Crippen LogP contribution in [0.3, 0.4) is 0 Å². The summed E-state index contributed by atoms with van der Waals surface area (Å²) in [7, 11) is -3.36. The Balaban J connectivity index is 1.08. The SMILES string of the molecule is O=S(=O)(NC[C@H]1C[C@@H]2CCN1C[C@@H]2CN1CCC(Cc2ccccc2)CC1)c1cccs1. The van der Waals surface area contributed by atoms with E-state index in [2.05, 4.69) is 44.9 Å². The molecule has 0 amide bonds. The van der Waals surface area contributed by atoms with E-state index in [-0.39, 0.29) is 0 Å². The number of benzene rings is 1. The Morgan fingerprint density at radius 3 is 2.50 bits per heavy atom. The van der Waals surface area contributed by atoms with Crippen molar-refractivity contribution in [3.05, 3.63) is 53.4 Å². The van der Waals surface area contributed by atoms with Gasteiger partial charge in [0.25, 0.3) is 0 Å². The predicted molar refractivity (Wildman–Crippen MR) is 130 cm³/mol. The maximum Gasteiger partial charge on any atom is 0.250 e. The highest BCUT2D eigenvalue weighted by Gasteiger charge is 2.41. The molecule has 0 saturated carbocycles. The average molecular weight is 474 g/mol. The molecule has 5 nitrogen and oxygen atoms in total. The van der Waals surface area contributed by atoms with Crippen LogP contribution in [-0.2, 0) is 16.4 Å². The van der Waals surface area contributed by atoms with Crippen LogP contribution in [0.25, 0.3) is 0 Å². The molecule has 4 atom stereocenters. The summed E-state index contributed by atoms with van der Waals surface area (Å²) in [6.07, 6.45) is 6.23. The van der Waals surface area contributed by atoms with Gasteiger partial charge < -0.3 is 4.90 Å². The number of rotatable bonds is 8. The van der Waals surface area contributed by atoms with Crippen LogP contribution >= 0.6 is 11.3 Å². The second-order valence-corrected chi connectivity index (χ2v) is 12.9. The molecule has 2 bridgehead atoms. The molecule has 4 saturated heterocycles. The van der Waals surface area contributed by atoms with Gasteiger partial charge in [-0.25, -0.2) is 13.1 Å². The molecule has 5 heterocycles. The Labute approximate surface area is 196 Å². The van der Waals surface area contributed by atoms with Crippen LogP contribution in [-0.4, -0.2) is 63.5 Å². The number of thiophene rings is 1. The molecule has 32 heavy (non-hydrogen) atoms. The normalized spacial score (nSPS) is 29.4. The van der Waals surface area contributed by atoms with Gasteiger partial charge in [0.1, 0.15) is 4.21 Å². The molecule has 7 heteroatoms. The number of likely N-dealkylation sites (tertiary alicyclic amines) is 1. The second kappa shape index (κ2) is 9.94. The van der Waals surface area contributed by atoms with Crippen molar-refractivity contribution >= 4 is 21.4 Å². The lowest BCUT2D eigenvalue weighted by Gasteiger charge is -2.51. The van der Waals surface area contributed by atoms with Crippen molar-refractivity contribution in [2.75, 3.05) is 39.3 Å². The summed E-state index contributed by atoms with van der Waals surface area (Å²) in [6.45, 7) is 6.45. The maximum absolute atomic E-state index is 12.5. The zero-order valence-electron chi connectivity index (χ0n) is 18.7. The molecule has 0 aliphatic carbocycles. The predicted octanol–water partition coefficient (Wildman–Crippen LogP) is 3.69. The third kappa shape index (κ3) is 5.28. The van der Waals surface area contributed by atoms with Gasteiger partial charge in [0, 0.05) is 25.7 Å². The van der Waals surface area contributed by atoms with Gasteiger partial charge in [-0.1, -0.05) is 36.4 Å². The fourth-order valence-electron chi connectivity index (χ4n) is 6.01. The van der Waals surface area contributed by atoms with E-state index in [4.69, 9.17) is 0 Å². The number of fused-ring (bicyclic) bond motifs is 3. The molecule has 6 rings (SSSR count). The average Bonchev–Trinajstić information content (AvgIpc) is 3.37. The molecular formula is C25H35N3O2S2. The standard InChI is InChI=1S/C25H35N3O2S2/c29-32(30,25-7-4-14-31-25)26-17-24-16-22-10-13-28(24)19-23(22)18-27-11-8-21(9-12-27)15-20-5-2-1-3-6-20/h1-7,14,21-24,26H,8-13,15-19H2/t22-,23-,24+/m0/s1. The van der Waals surface area contributed by atoms with Crippen LogP contribution in [0, 0.1) is 17.8 Å². The fraction of sp³-hybridized carbons (Fsp3) is 0.600. The summed E-state index contributed by atoms with van der Waals surface area (Å²) in [4.78, 5) is 5.24. The molecular weight excluding hydrogens is 438 g/mol. The van der Waals surface area contributed by atoms with Gasteiger partial charge in [-0.15, -0.1) is 11.3 Å². The first kappa shape index (κ1) is 22.5. The summed E-state index contributed by atoms with van der Waals surface area (Å²) < 4.78 is 28.3. The van der Waals surface area contributed by atoms with Gasteiger partial charge in [-0.3, -0.25) is 4.90 Å². The van der Waals surface area contributed by atoms with Crippen LogP contribution < -0.4 is 4.72 Å². The smallest absolute Gasteiger partial charge is 0.250 e. The van der Waals surface area contributed by atoms with Crippen molar-refractivity contribution in [3.63, 3.8) is 0 Å². The minimum absolute atomic E-state index is 0.344. The van der Waals surface area contributed by atoms with E-state index in [0.29, 0.717) is 16.8 Å². The van der Waals surface area contributed by atoms with Gasteiger partial charge in [0.15, 0.2) is 0 Å². The Bertz CT molecular complexity index is 956. The van der Waals surface area contributed by atoms with Crippen LogP contribution in [0.2, 0.25) is 0 Å². The van der Waals surface area contributed by atoms with Gasteiger partial charge >= 0.3 is 0 Å². The lowest BCUT2D eigenvalue weighted by molar-refractivity contribution is -0.0139. The van der Waals surface area contributed by atoms with E-state index in [1.165, 1.54) is 62.2 Å². The van der Waals surface area contributed by atoms with Crippen LogP contribution in [0.4, 0.5) is 0 Å². The Morgan fingerprint density at radius 1 is 1.00 bits per heavy atom. The van der Waals surface area contributed by atoms with Crippen LogP contribution in [0.5, 0.6) is 0 Å². The summed E-state index contributed by atoms with van der Waals surface area (Å²) in [5.41, 5.74) is 1.48. The van der Waals surface area contributed by atoms with Gasteiger partial charge in [-0.2, -0.15) is 0 Å². The largest absolute Gasteiger partial charge is 0.303 e. The van der Waals surface area contributed by atoms with E-state index in [0.717, 1.165) is 37.3 Å². The highest BCUT2D eigenvalue weighted by Crippen LogP contribution is 2.37. The molecule has 4 aliphatic heterocycles. The van der Waals surface area contributed by atoms with E-state index in [1.54, 1.807) is 12.1 Å². The number of sulfonamides is 1. The molecule has 1 N–H and O–H groups in total. The molecule has 4 aliphatic rings. The van der Waals surface area contributed by atoms with Gasteiger partial charge in [-0.05, 0) is 86.5 Å². The quantitative estimate of drug-likeness (QED) is 0.635.